The van der Waals surface area contributed by atoms with Gasteiger partial charge in [-0.3, -0.25) is 0 Å². The van der Waals surface area contributed by atoms with Crippen LogP contribution in [0.3, 0.4) is 0 Å². The van der Waals surface area contributed by atoms with Crippen molar-refractivity contribution in [2.45, 2.75) is 48.9 Å². The maximum atomic E-state index is 2.81. The van der Waals surface area contributed by atoms with Crippen molar-refractivity contribution in [2.75, 3.05) is 0 Å². The summed E-state index contributed by atoms with van der Waals surface area (Å²) in [7, 11) is 0. The summed E-state index contributed by atoms with van der Waals surface area (Å²) in [6.07, 6.45) is 4.74. The first kappa shape index (κ1) is 20.2. The van der Waals surface area contributed by atoms with E-state index in [-0.39, 0.29) is 5.41 Å². The highest BCUT2D eigenvalue weighted by Gasteiger charge is 2.66. The topological polar surface area (TPSA) is 0 Å². The lowest BCUT2D eigenvalue weighted by Gasteiger charge is -2.46. The van der Waals surface area contributed by atoms with Crippen molar-refractivity contribution in [1.29, 1.82) is 0 Å². The summed E-state index contributed by atoms with van der Waals surface area (Å²) in [5.74, 6) is 1.80. The SMILES string of the molecule is c1ccc2c(c1)C1CC2C23Cc4cc5cc6c7c8c(cc9cc%10c%11c%12c(cc(c%13c%14c2c4c2c5c7c4c2c%14c(c%13%12)c2c%11c9c8c24)C13)C%10)C6. The van der Waals surface area contributed by atoms with Crippen molar-refractivity contribution in [2.24, 2.45) is 0 Å². The molecule has 0 radical (unpaired) electrons. The molecule has 4 unspecified atom stereocenters. The molecule has 0 heterocycles. The number of hydrogen-bond acceptors (Lipinski definition) is 0. The summed E-state index contributed by atoms with van der Waals surface area (Å²) in [4.78, 5) is 0. The minimum atomic E-state index is 0.169. The number of hydrogen-bond donors (Lipinski definition) is 0. The normalized spacial score (nSPS) is 25.9. The Balaban J connectivity index is 1.28. The molecule has 2 bridgehead atoms. The van der Waals surface area contributed by atoms with Crippen molar-refractivity contribution in [3.63, 3.8) is 0 Å². The summed E-state index contributed by atoms with van der Waals surface area (Å²) in [5.41, 5.74) is 15.2. The van der Waals surface area contributed by atoms with Crippen molar-refractivity contribution in [1.82, 2.24) is 0 Å². The third kappa shape index (κ3) is 1.38. The quantitative estimate of drug-likeness (QED) is 0.153. The van der Waals surface area contributed by atoms with Crippen molar-refractivity contribution < 1.29 is 0 Å². The van der Waals surface area contributed by atoms with E-state index in [1.54, 1.807) is 152 Å². The van der Waals surface area contributed by atoms with E-state index in [2.05, 4.69) is 54.6 Å². The van der Waals surface area contributed by atoms with Crippen LogP contribution in [0.5, 0.6) is 0 Å². The fraction of sp³-hybridized carbons (Fsp3) is 0.167. The molecule has 6 aliphatic carbocycles. The molecular formula is C48H20. The van der Waals surface area contributed by atoms with E-state index in [0.29, 0.717) is 17.8 Å². The third-order valence-corrected chi connectivity index (χ3v) is 16.8. The highest BCUT2D eigenvalue weighted by molar-refractivity contribution is 6.65. The van der Waals surface area contributed by atoms with Gasteiger partial charge in [-0.25, -0.2) is 0 Å². The highest BCUT2D eigenvalue weighted by Crippen LogP contribution is 2.78. The molecule has 4 atom stereocenters. The van der Waals surface area contributed by atoms with Crippen LogP contribution < -0.4 is 0 Å². The van der Waals surface area contributed by atoms with Gasteiger partial charge in [-0.2, -0.15) is 0 Å². The second-order valence-corrected chi connectivity index (χ2v) is 17.7. The van der Waals surface area contributed by atoms with Gasteiger partial charge in [-0.1, -0.05) is 54.6 Å². The monoisotopic (exact) mass is 596 g/mol. The van der Waals surface area contributed by atoms with E-state index in [1.165, 1.54) is 23.6 Å². The predicted molar refractivity (Wildman–Crippen MR) is 199 cm³/mol. The molecule has 0 amide bonds. The molecule has 13 aromatic carbocycles. The van der Waals surface area contributed by atoms with Gasteiger partial charge >= 0.3 is 0 Å². The first-order valence-corrected chi connectivity index (χ1v) is 18.4. The second kappa shape index (κ2) is 5.19. The van der Waals surface area contributed by atoms with E-state index in [4.69, 9.17) is 0 Å². The predicted octanol–water partition coefficient (Wildman–Crippen LogP) is 11.9. The Hall–Kier alpha value is -5.20. The van der Waals surface area contributed by atoms with Crippen LogP contribution in [-0.2, 0) is 24.7 Å². The molecule has 48 heavy (non-hydrogen) atoms. The van der Waals surface area contributed by atoms with E-state index in [0.717, 1.165) is 12.8 Å². The third-order valence-electron chi connectivity index (χ3n) is 16.8. The Bertz CT molecular complexity index is 3850. The minimum absolute atomic E-state index is 0.169. The molecule has 0 aromatic heterocycles. The minimum Gasteiger partial charge on any atom is -0.0620 e. The Kier molecular flexibility index (Phi) is 2.19. The van der Waals surface area contributed by atoms with Gasteiger partial charge in [-0.15, -0.1) is 0 Å². The molecule has 0 nitrogen and oxygen atoms in total. The molecule has 0 N–H and O–H groups in total. The Morgan fingerprint density at radius 2 is 0.917 bits per heavy atom. The van der Waals surface area contributed by atoms with Gasteiger partial charge < -0.3 is 0 Å². The van der Waals surface area contributed by atoms with E-state index < -0.39 is 0 Å². The lowest BCUT2D eigenvalue weighted by molar-refractivity contribution is 0.340. The first-order valence-electron chi connectivity index (χ1n) is 18.4. The standard InChI is InChI=1S/C48H20/c1-2-4-22-21(3-1)23-12-25(22)48-13-20-10-18-8-15-5-14-6-17-7-16-9-19-11-24(46(23)48)33-38-29(19)28(16)35-30(17)34-26(14)27(15)36-31(18)37-32(20)47(48)45(33)44-42(37)40(36)39(34)41(35)43(38)44/h1-4,6-8,10-11,23,25,46H,5,9,12-13H2. The van der Waals surface area contributed by atoms with Gasteiger partial charge in [0.05, 0.1) is 0 Å². The van der Waals surface area contributed by atoms with Crippen LogP contribution >= 0.6 is 0 Å². The van der Waals surface area contributed by atoms with E-state index >= 15 is 0 Å². The van der Waals surface area contributed by atoms with Gasteiger partial charge in [0.25, 0.3) is 0 Å². The molecular weight excluding hydrogens is 577 g/mol. The van der Waals surface area contributed by atoms with Crippen LogP contribution in [0.2, 0.25) is 0 Å². The smallest absolute Gasteiger partial charge is 0.0150 e. The van der Waals surface area contributed by atoms with Crippen molar-refractivity contribution >= 4 is 118 Å². The van der Waals surface area contributed by atoms with E-state index in [1.807, 2.05) is 5.56 Å². The number of fused-ring (bicyclic) bond motifs is 7. The van der Waals surface area contributed by atoms with Crippen LogP contribution in [0, 0.1) is 0 Å². The Morgan fingerprint density at radius 3 is 1.56 bits per heavy atom. The van der Waals surface area contributed by atoms with Crippen LogP contribution in [-0.4, -0.2) is 0 Å². The van der Waals surface area contributed by atoms with Crippen LogP contribution in [0.25, 0.3) is 118 Å². The number of rotatable bonds is 0. The lowest BCUT2D eigenvalue weighted by Crippen LogP contribution is -2.39. The molecule has 0 aliphatic heterocycles. The summed E-state index contributed by atoms with van der Waals surface area (Å²) in [6, 6.07) is 23.2. The molecule has 6 aliphatic rings. The zero-order chi connectivity index (χ0) is 29.3. The van der Waals surface area contributed by atoms with Crippen LogP contribution in [0.1, 0.15) is 74.2 Å². The average molecular weight is 597 g/mol. The fourth-order valence-electron chi connectivity index (χ4n) is 16.2. The molecule has 212 valence electrons. The summed E-state index contributed by atoms with van der Waals surface area (Å²) < 4.78 is 0. The molecule has 1 saturated carbocycles. The molecule has 1 spiro atoms. The zero-order valence-electron chi connectivity index (χ0n) is 25.8. The molecule has 19 rings (SSSR count). The average Bonchev–Trinajstić information content (AvgIpc) is 3.95. The van der Waals surface area contributed by atoms with Gasteiger partial charge in [0, 0.05) is 11.3 Å². The molecule has 0 saturated heterocycles. The highest BCUT2D eigenvalue weighted by atomic mass is 14.7. The largest absolute Gasteiger partial charge is 0.0620 e. The summed E-state index contributed by atoms with van der Waals surface area (Å²) >= 11 is 0. The maximum Gasteiger partial charge on any atom is 0.0150 e. The Morgan fingerprint density at radius 1 is 0.417 bits per heavy atom. The molecule has 13 aromatic rings. The van der Waals surface area contributed by atoms with Gasteiger partial charge in [0.2, 0.25) is 0 Å². The first-order chi connectivity index (χ1) is 23.8. The lowest BCUT2D eigenvalue weighted by atomic mass is 9.56. The molecule has 0 heteroatoms. The summed E-state index contributed by atoms with van der Waals surface area (Å²) in [6.45, 7) is 0. The van der Waals surface area contributed by atoms with Crippen molar-refractivity contribution in [3.05, 3.63) is 105 Å². The fourth-order valence-corrected chi connectivity index (χ4v) is 16.2. The van der Waals surface area contributed by atoms with Crippen LogP contribution in [0.4, 0.5) is 0 Å². The zero-order valence-corrected chi connectivity index (χ0v) is 25.8. The van der Waals surface area contributed by atoms with Crippen molar-refractivity contribution in [3.8, 4) is 0 Å². The molecule has 1 fully saturated rings. The number of benzene rings is 10. The maximum absolute atomic E-state index is 2.81. The Labute approximate surface area is 271 Å². The van der Waals surface area contributed by atoms with Gasteiger partial charge in [0.15, 0.2) is 0 Å². The van der Waals surface area contributed by atoms with Crippen LogP contribution in [0.15, 0.2) is 54.6 Å². The van der Waals surface area contributed by atoms with Gasteiger partial charge in [0.1, 0.15) is 0 Å². The summed E-state index contributed by atoms with van der Waals surface area (Å²) in [5, 5.41) is 36.1. The van der Waals surface area contributed by atoms with Gasteiger partial charge in [-0.05, 0) is 206 Å². The second-order valence-electron chi connectivity index (χ2n) is 17.7. The van der Waals surface area contributed by atoms with E-state index in [9.17, 15) is 0 Å².